The number of esters is 1. The SMILES string of the molecule is COC(=O)c1ccc(NC2CC(C)(C)OC2(C)C)nn1. The molecule has 1 fully saturated rings. The Morgan fingerprint density at radius 1 is 1.35 bits per heavy atom. The molecule has 110 valence electrons. The quantitative estimate of drug-likeness (QED) is 0.853. The number of hydrogen-bond donors (Lipinski definition) is 1. The number of hydrogen-bond acceptors (Lipinski definition) is 6. The second-order valence-electron chi connectivity index (χ2n) is 6.16. The van der Waals surface area contributed by atoms with Crippen LogP contribution >= 0.6 is 0 Å². The van der Waals surface area contributed by atoms with Gasteiger partial charge in [0, 0.05) is 0 Å². The molecular formula is C14H21N3O3. The van der Waals surface area contributed by atoms with Gasteiger partial charge in [-0.05, 0) is 46.2 Å². The van der Waals surface area contributed by atoms with Gasteiger partial charge in [0.2, 0.25) is 0 Å². The summed E-state index contributed by atoms with van der Waals surface area (Å²) in [6.45, 7) is 8.25. The fourth-order valence-electron chi connectivity index (χ4n) is 2.59. The largest absolute Gasteiger partial charge is 0.464 e. The molecule has 1 aliphatic heterocycles. The van der Waals surface area contributed by atoms with E-state index in [9.17, 15) is 4.79 Å². The zero-order valence-electron chi connectivity index (χ0n) is 12.6. The van der Waals surface area contributed by atoms with E-state index in [-0.39, 0.29) is 22.9 Å². The Morgan fingerprint density at radius 3 is 2.50 bits per heavy atom. The second-order valence-corrected chi connectivity index (χ2v) is 6.16. The highest BCUT2D eigenvalue weighted by Gasteiger charge is 2.45. The maximum absolute atomic E-state index is 11.3. The summed E-state index contributed by atoms with van der Waals surface area (Å²) < 4.78 is 10.6. The van der Waals surface area contributed by atoms with Crippen molar-refractivity contribution < 1.29 is 14.3 Å². The van der Waals surface area contributed by atoms with Gasteiger partial charge in [-0.25, -0.2) is 4.79 Å². The first-order valence-corrected chi connectivity index (χ1v) is 6.62. The van der Waals surface area contributed by atoms with Crippen LogP contribution in [-0.4, -0.2) is 40.5 Å². The summed E-state index contributed by atoms with van der Waals surface area (Å²) in [6.07, 6.45) is 0.875. The minimum absolute atomic E-state index is 0.135. The molecule has 1 aromatic heterocycles. The summed E-state index contributed by atoms with van der Waals surface area (Å²) >= 11 is 0. The van der Waals surface area contributed by atoms with Gasteiger partial charge in [-0.3, -0.25) is 0 Å². The van der Waals surface area contributed by atoms with Crippen LogP contribution in [0.1, 0.15) is 44.6 Å². The van der Waals surface area contributed by atoms with E-state index in [1.54, 1.807) is 12.1 Å². The van der Waals surface area contributed by atoms with Crippen LogP contribution in [0.15, 0.2) is 12.1 Å². The average Bonchev–Trinajstić information content (AvgIpc) is 2.57. The molecule has 0 radical (unpaired) electrons. The molecule has 0 aromatic carbocycles. The molecule has 1 saturated heterocycles. The monoisotopic (exact) mass is 279 g/mol. The van der Waals surface area contributed by atoms with Gasteiger partial charge in [-0.1, -0.05) is 0 Å². The maximum Gasteiger partial charge on any atom is 0.358 e. The first-order chi connectivity index (χ1) is 9.23. The zero-order valence-corrected chi connectivity index (χ0v) is 12.6. The van der Waals surface area contributed by atoms with Crippen LogP contribution < -0.4 is 5.32 Å². The predicted molar refractivity (Wildman–Crippen MR) is 74.6 cm³/mol. The van der Waals surface area contributed by atoms with Crippen molar-refractivity contribution in [2.75, 3.05) is 12.4 Å². The van der Waals surface area contributed by atoms with Crippen molar-refractivity contribution in [1.29, 1.82) is 0 Å². The Hall–Kier alpha value is -1.69. The molecule has 1 aromatic rings. The third-order valence-corrected chi connectivity index (χ3v) is 3.46. The lowest BCUT2D eigenvalue weighted by atomic mass is 9.94. The van der Waals surface area contributed by atoms with Gasteiger partial charge < -0.3 is 14.8 Å². The van der Waals surface area contributed by atoms with Gasteiger partial charge in [0.1, 0.15) is 5.82 Å². The number of nitrogens with zero attached hydrogens (tertiary/aromatic N) is 2. The number of aromatic nitrogens is 2. The summed E-state index contributed by atoms with van der Waals surface area (Å²) in [7, 11) is 1.32. The predicted octanol–water partition coefficient (Wildman–Crippen LogP) is 2.02. The minimum atomic E-state index is -0.491. The van der Waals surface area contributed by atoms with Crippen molar-refractivity contribution in [1.82, 2.24) is 10.2 Å². The number of ether oxygens (including phenoxy) is 2. The van der Waals surface area contributed by atoms with E-state index in [2.05, 4.69) is 47.9 Å². The van der Waals surface area contributed by atoms with Crippen molar-refractivity contribution in [3.8, 4) is 0 Å². The van der Waals surface area contributed by atoms with Crippen molar-refractivity contribution in [2.45, 2.75) is 51.4 Å². The zero-order chi connectivity index (χ0) is 15.0. The minimum Gasteiger partial charge on any atom is -0.464 e. The molecule has 20 heavy (non-hydrogen) atoms. The lowest BCUT2D eigenvalue weighted by molar-refractivity contribution is -0.0662. The summed E-state index contributed by atoms with van der Waals surface area (Å²) in [5.74, 6) is 0.131. The van der Waals surface area contributed by atoms with Gasteiger partial charge in [-0.15, -0.1) is 10.2 Å². The molecule has 1 N–H and O–H groups in total. The van der Waals surface area contributed by atoms with Crippen molar-refractivity contribution in [3.63, 3.8) is 0 Å². The molecule has 6 nitrogen and oxygen atoms in total. The highest BCUT2D eigenvalue weighted by Crippen LogP contribution is 2.38. The smallest absolute Gasteiger partial charge is 0.358 e. The Kier molecular flexibility index (Phi) is 3.69. The first-order valence-electron chi connectivity index (χ1n) is 6.62. The number of nitrogens with one attached hydrogen (secondary N) is 1. The molecule has 6 heteroatoms. The number of carbonyl (C=O) groups is 1. The first kappa shape index (κ1) is 14.7. The second kappa shape index (κ2) is 5.01. The maximum atomic E-state index is 11.3. The number of methoxy groups -OCH3 is 1. The molecule has 0 saturated carbocycles. The molecule has 0 amide bonds. The van der Waals surface area contributed by atoms with Crippen molar-refractivity contribution in [3.05, 3.63) is 17.8 Å². The van der Waals surface area contributed by atoms with Gasteiger partial charge in [0.05, 0.1) is 24.4 Å². The van der Waals surface area contributed by atoms with Gasteiger partial charge in [-0.2, -0.15) is 0 Å². The highest BCUT2D eigenvalue weighted by atomic mass is 16.5. The van der Waals surface area contributed by atoms with Crippen molar-refractivity contribution >= 4 is 11.8 Å². The van der Waals surface area contributed by atoms with E-state index >= 15 is 0 Å². The molecule has 0 bridgehead atoms. The van der Waals surface area contributed by atoms with Crippen LogP contribution in [-0.2, 0) is 9.47 Å². The van der Waals surface area contributed by atoms with Gasteiger partial charge >= 0.3 is 5.97 Å². The molecule has 1 unspecified atom stereocenters. The van der Waals surface area contributed by atoms with E-state index < -0.39 is 5.97 Å². The summed E-state index contributed by atoms with van der Waals surface area (Å²) in [6, 6.07) is 3.45. The van der Waals surface area contributed by atoms with E-state index in [4.69, 9.17) is 4.74 Å². The van der Waals surface area contributed by atoms with Gasteiger partial charge in [0.15, 0.2) is 5.69 Å². The summed E-state index contributed by atoms with van der Waals surface area (Å²) in [5, 5.41) is 11.2. The molecule has 2 heterocycles. The Morgan fingerprint density at radius 2 is 2.05 bits per heavy atom. The van der Waals surface area contributed by atoms with E-state index in [0.29, 0.717) is 5.82 Å². The Balaban J connectivity index is 2.09. The number of anilines is 1. The van der Waals surface area contributed by atoms with Crippen LogP contribution in [0.25, 0.3) is 0 Å². The molecule has 1 aliphatic rings. The van der Waals surface area contributed by atoms with Gasteiger partial charge in [0.25, 0.3) is 0 Å². The molecule has 2 rings (SSSR count). The van der Waals surface area contributed by atoms with Crippen LogP contribution in [0.2, 0.25) is 0 Å². The highest BCUT2D eigenvalue weighted by molar-refractivity contribution is 5.86. The van der Waals surface area contributed by atoms with Crippen LogP contribution in [0.5, 0.6) is 0 Å². The lowest BCUT2D eigenvalue weighted by Crippen LogP contribution is -2.38. The van der Waals surface area contributed by atoms with E-state index in [0.717, 1.165) is 6.42 Å². The number of rotatable bonds is 3. The third kappa shape index (κ3) is 3.07. The lowest BCUT2D eigenvalue weighted by Gasteiger charge is -2.27. The van der Waals surface area contributed by atoms with Crippen LogP contribution in [0, 0.1) is 0 Å². The van der Waals surface area contributed by atoms with Crippen molar-refractivity contribution in [2.24, 2.45) is 0 Å². The Labute approximate surface area is 118 Å². The fourth-order valence-corrected chi connectivity index (χ4v) is 2.59. The summed E-state index contributed by atoms with van der Waals surface area (Å²) in [5.41, 5.74) is -0.257. The third-order valence-electron chi connectivity index (χ3n) is 3.46. The average molecular weight is 279 g/mol. The molecular weight excluding hydrogens is 258 g/mol. The molecule has 0 spiro atoms. The topological polar surface area (TPSA) is 73.3 Å². The Bertz CT molecular complexity index is 497. The normalized spacial score (nSPS) is 23.4. The van der Waals surface area contributed by atoms with E-state index in [1.165, 1.54) is 7.11 Å². The fraction of sp³-hybridized carbons (Fsp3) is 0.643. The molecule has 1 atom stereocenters. The standard InChI is InChI=1S/C14H21N3O3/c1-13(2)8-10(14(3,4)20-13)15-11-7-6-9(16-17-11)12(18)19-5/h6-7,10H,8H2,1-5H3,(H,15,17). The number of carbonyl (C=O) groups excluding carboxylic acids is 1. The van der Waals surface area contributed by atoms with E-state index in [1.807, 2.05) is 0 Å². The van der Waals surface area contributed by atoms with Crippen LogP contribution in [0.4, 0.5) is 5.82 Å². The van der Waals surface area contributed by atoms with Crippen LogP contribution in [0.3, 0.4) is 0 Å². The molecule has 0 aliphatic carbocycles. The summed E-state index contributed by atoms with van der Waals surface area (Å²) in [4.78, 5) is 11.3.